The van der Waals surface area contributed by atoms with Crippen molar-refractivity contribution >= 4 is 0 Å². The lowest BCUT2D eigenvalue weighted by Gasteiger charge is -1.97. The highest BCUT2D eigenvalue weighted by molar-refractivity contribution is 4.94. The molecule has 0 bridgehead atoms. The molecule has 0 saturated carbocycles. The number of allylic oxidation sites excluding steroid dienone is 2. The standard InChI is InChI=1S/C8H15O/c1-4-8(2)6-5-7-9-3/h4H,3,5-7H2,1-2H3. The summed E-state index contributed by atoms with van der Waals surface area (Å²) in [7, 11) is 3.29. The Morgan fingerprint density at radius 3 is 2.78 bits per heavy atom. The van der Waals surface area contributed by atoms with Crippen molar-refractivity contribution in [1.82, 2.24) is 0 Å². The second kappa shape index (κ2) is 5.83. The van der Waals surface area contributed by atoms with Gasteiger partial charge in [0.15, 0.2) is 0 Å². The lowest BCUT2D eigenvalue weighted by Crippen LogP contribution is -1.86. The fourth-order valence-corrected chi connectivity index (χ4v) is 0.597. The van der Waals surface area contributed by atoms with Gasteiger partial charge >= 0.3 is 0 Å². The van der Waals surface area contributed by atoms with Crippen molar-refractivity contribution in [3.05, 3.63) is 18.8 Å². The monoisotopic (exact) mass is 127 g/mol. The lowest BCUT2D eigenvalue weighted by atomic mass is 10.2. The van der Waals surface area contributed by atoms with Gasteiger partial charge in [-0.15, -0.1) is 0 Å². The largest absolute Gasteiger partial charge is 0.379 e. The van der Waals surface area contributed by atoms with Crippen molar-refractivity contribution < 1.29 is 4.74 Å². The summed E-state index contributed by atoms with van der Waals surface area (Å²) < 4.78 is 4.66. The van der Waals surface area contributed by atoms with E-state index in [9.17, 15) is 0 Å². The first-order valence-electron chi connectivity index (χ1n) is 3.30. The molecular formula is C8H15O. The molecule has 0 heterocycles. The molecule has 0 aromatic rings. The maximum atomic E-state index is 4.66. The molecule has 9 heavy (non-hydrogen) atoms. The summed E-state index contributed by atoms with van der Waals surface area (Å²) in [5.74, 6) is 0. The third-order valence-electron chi connectivity index (χ3n) is 1.35. The minimum absolute atomic E-state index is 0.769. The summed E-state index contributed by atoms with van der Waals surface area (Å²) in [4.78, 5) is 0. The van der Waals surface area contributed by atoms with E-state index in [1.807, 2.05) is 0 Å². The predicted molar refractivity (Wildman–Crippen MR) is 40.0 cm³/mol. The Bertz CT molecular complexity index is 84.6. The summed E-state index contributed by atoms with van der Waals surface area (Å²) in [5.41, 5.74) is 1.42. The van der Waals surface area contributed by atoms with Crippen molar-refractivity contribution in [2.45, 2.75) is 26.7 Å². The van der Waals surface area contributed by atoms with Crippen LogP contribution in [0.15, 0.2) is 11.6 Å². The van der Waals surface area contributed by atoms with Crippen LogP contribution in [-0.2, 0) is 4.74 Å². The quantitative estimate of drug-likeness (QED) is 0.416. The second-order valence-electron chi connectivity index (χ2n) is 2.15. The molecule has 0 aliphatic carbocycles. The van der Waals surface area contributed by atoms with Gasteiger partial charge in [-0.3, -0.25) is 0 Å². The Hall–Kier alpha value is -0.300. The highest BCUT2D eigenvalue weighted by atomic mass is 16.5. The summed E-state index contributed by atoms with van der Waals surface area (Å²) in [6.45, 7) is 4.95. The van der Waals surface area contributed by atoms with Gasteiger partial charge in [0.05, 0.1) is 7.11 Å². The van der Waals surface area contributed by atoms with Crippen LogP contribution >= 0.6 is 0 Å². The third kappa shape index (κ3) is 5.57. The minimum atomic E-state index is 0.769. The second-order valence-corrected chi connectivity index (χ2v) is 2.15. The molecule has 0 rings (SSSR count). The highest BCUT2D eigenvalue weighted by Gasteiger charge is 1.86. The van der Waals surface area contributed by atoms with Crippen LogP contribution in [0.2, 0.25) is 0 Å². The molecule has 0 fully saturated rings. The van der Waals surface area contributed by atoms with Crippen LogP contribution in [0.1, 0.15) is 26.7 Å². The summed E-state index contributed by atoms with van der Waals surface area (Å²) in [5, 5.41) is 0. The van der Waals surface area contributed by atoms with E-state index in [4.69, 9.17) is 0 Å². The Labute approximate surface area is 57.7 Å². The average Bonchev–Trinajstić information content (AvgIpc) is 1.89. The maximum absolute atomic E-state index is 4.66. The summed E-state index contributed by atoms with van der Waals surface area (Å²) in [6, 6.07) is 0. The van der Waals surface area contributed by atoms with E-state index < -0.39 is 0 Å². The first-order chi connectivity index (χ1) is 4.31. The lowest BCUT2D eigenvalue weighted by molar-refractivity contribution is 0.237. The number of ether oxygens (including phenoxy) is 1. The van der Waals surface area contributed by atoms with Crippen molar-refractivity contribution in [1.29, 1.82) is 0 Å². The average molecular weight is 127 g/mol. The Morgan fingerprint density at radius 2 is 2.33 bits per heavy atom. The molecule has 0 aliphatic heterocycles. The Balaban J connectivity index is 3.07. The fourth-order valence-electron chi connectivity index (χ4n) is 0.597. The molecule has 53 valence electrons. The van der Waals surface area contributed by atoms with Gasteiger partial charge in [0.2, 0.25) is 0 Å². The molecule has 0 unspecified atom stereocenters. The molecule has 1 nitrogen and oxygen atoms in total. The molecule has 0 aromatic heterocycles. The van der Waals surface area contributed by atoms with E-state index >= 15 is 0 Å². The van der Waals surface area contributed by atoms with Crippen molar-refractivity contribution in [3.63, 3.8) is 0 Å². The van der Waals surface area contributed by atoms with Crippen LogP contribution in [0, 0.1) is 7.11 Å². The van der Waals surface area contributed by atoms with Crippen molar-refractivity contribution in [3.8, 4) is 0 Å². The molecule has 0 saturated heterocycles. The van der Waals surface area contributed by atoms with Crippen molar-refractivity contribution in [2.75, 3.05) is 6.61 Å². The van der Waals surface area contributed by atoms with Gasteiger partial charge in [-0.05, 0) is 26.7 Å². The van der Waals surface area contributed by atoms with Gasteiger partial charge in [0.25, 0.3) is 0 Å². The molecule has 0 atom stereocenters. The fraction of sp³-hybridized carbons (Fsp3) is 0.625. The summed E-state index contributed by atoms with van der Waals surface area (Å²) in [6.07, 6.45) is 4.34. The van der Waals surface area contributed by atoms with E-state index in [1.165, 1.54) is 5.57 Å². The molecule has 0 aromatic carbocycles. The SMILES string of the molecule is [CH2]OCCCC(C)=CC. The van der Waals surface area contributed by atoms with Crippen LogP contribution in [0.25, 0.3) is 0 Å². The minimum Gasteiger partial charge on any atom is -0.379 e. The van der Waals surface area contributed by atoms with Gasteiger partial charge in [-0.2, -0.15) is 0 Å². The smallest absolute Gasteiger partial charge is 0.0700 e. The number of rotatable bonds is 4. The molecule has 0 spiro atoms. The van der Waals surface area contributed by atoms with Gasteiger partial charge in [0, 0.05) is 6.61 Å². The van der Waals surface area contributed by atoms with Crippen LogP contribution in [0.4, 0.5) is 0 Å². The van der Waals surface area contributed by atoms with E-state index in [0.717, 1.165) is 19.4 Å². The van der Waals surface area contributed by atoms with E-state index in [0.29, 0.717) is 0 Å². The Morgan fingerprint density at radius 1 is 1.67 bits per heavy atom. The molecule has 1 radical (unpaired) electrons. The van der Waals surface area contributed by atoms with E-state index in [2.05, 4.69) is 31.8 Å². The van der Waals surface area contributed by atoms with Crippen LogP contribution in [0.3, 0.4) is 0 Å². The normalized spacial score (nSPS) is 12.1. The van der Waals surface area contributed by atoms with Gasteiger partial charge in [-0.25, -0.2) is 0 Å². The molecule has 0 N–H and O–H groups in total. The Kier molecular flexibility index (Phi) is 5.64. The zero-order valence-corrected chi connectivity index (χ0v) is 6.31. The first-order valence-corrected chi connectivity index (χ1v) is 3.30. The van der Waals surface area contributed by atoms with Crippen LogP contribution < -0.4 is 0 Å². The van der Waals surface area contributed by atoms with E-state index in [-0.39, 0.29) is 0 Å². The molecular weight excluding hydrogens is 112 g/mol. The van der Waals surface area contributed by atoms with Gasteiger partial charge in [-0.1, -0.05) is 11.6 Å². The molecule has 0 amide bonds. The van der Waals surface area contributed by atoms with Crippen molar-refractivity contribution in [2.24, 2.45) is 0 Å². The first kappa shape index (κ1) is 8.70. The summed E-state index contributed by atoms with van der Waals surface area (Å²) >= 11 is 0. The van der Waals surface area contributed by atoms with E-state index in [1.54, 1.807) is 0 Å². The zero-order chi connectivity index (χ0) is 7.11. The van der Waals surface area contributed by atoms with Gasteiger partial charge < -0.3 is 4.74 Å². The van der Waals surface area contributed by atoms with Crippen LogP contribution in [-0.4, -0.2) is 6.61 Å². The zero-order valence-electron chi connectivity index (χ0n) is 6.31. The van der Waals surface area contributed by atoms with Gasteiger partial charge in [0.1, 0.15) is 0 Å². The predicted octanol–water partition coefficient (Wildman–Crippen LogP) is 2.54. The maximum Gasteiger partial charge on any atom is 0.0700 e. The molecule has 0 aliphatic rings. The number of hydrogen-bond donors (Lipinski definition) is 0. The third-order valence-corrected chi connectivity index (χ3v) is 1.35. The highest BCUT2D eigenvalue weighted by Crippen LogP contribution is 2.02. The van der Waals surface area contributed by atoms with Crippen LogP contribution in [0.5, 0.6) is 0 Å². The topological polar surface area (TPSA) is 9.23 Å². The molecule has 1 heteroatoms. The number of hydrogen-bond acceptors (Lipinski definition) is 1.